The number of carbonyl (C=O) groups excluding carboxylic acids is 3. The third kappa shape index (κ3) is 1.28. The lowest BCUT2D eigenvalue weighted by molar-refractivity contribution is -0.121. The van der Waals surface area contributed by atoms with Gasteiger partial charge in [-0.15, -0.1) is 4.95 Å². The van der Waals surface area contributed by atoms with Crippen molar-refractivity contribution in [3.05, 3.63) is 11.5 Å². The first-order chi connectivity index (χ1) is 7.85. The quantitative estimate of drug-likeness (QED) is 0.289. The van der Waals surface area contributed by atoms with E-state index >= 15 is 0 Å². The lowest BCUT2D eigenvalue weighted by atomic mass is 10.2. The van der Waals surface area contributed by atoms with Gasteiger partial charge in [-0.25, -0.2) is 13.5 Å². The summed E-state index contributed by atoms with van der Waals surface area (Å²) < 4.78 is 0.980. The maximum absolute atomic E-state index is 11.7. The number of fused-ring (bicyclic) bond motifs is 1. The minimum atomic E-state index is -2.06. The Labute approximate surface area is 113 Å². The molecule has 17 heavy (non-hydrogen) atoms. The molecule has 0 N–H and O–H groups in total. The maximum Gasteiger partial charge on any atom is 0.409 e. The Morgan fingerprint density at radius 1 is 1.41 bits per heavy atom. The van der Waals surface area contributed by atoms with Crippen LogP contribution in [-0.2, 0) is 4.79 Å². The van der Waals surface area contributed by atoms with Gasteiger partial charge in [0.05, 0.1) is 21.2 Å². The van der Waals surface area contributed by atoms with Gasteiger partial charge in [-0.3, -0.25) is 4.79 Å². The standard InChI is InChI=1S/C6BrCl2N5O3/c1-10-12-3(15)2-6(8,13(7)5(12)17)14(9)4(16)11-2. The van der Waals surface area contributed by atoms with Crippen molar-refractivity contribution in [2.45, 2.75) is 5.12 Å². The van der Waals surface area contributed by atoms with Crippen LogP contribution in [0.3, 0.4) is 0 Å². The molecule has 0 radical (unpaired) electrons. The summed E-state index contributed by atoms with van der Waals surface area (Å²) >= 11 is 14.2. The van der Waals surface area contributed by atoms with Gasteiger partial charge in [0.25, 0.3) is 5.12 Å². The normalized spacial score (nSPS) is 28.2. The fourth-order valence-corrected chi connectivity index (χ4v) is 2.30. The Kier molecular flexibility index (Phi) is 2.53. The van der Waals surface area contributed by atoms with Gasteiger partial charge in [0.15, 0.2) is 5.71 Å². The molecule has 5 amide bonds. The molecule has 0 aromatic rings. The van der Waals surface area contributed by atoms with Crippen LogP contribution >= 0.6 is 39.5 Å². The number of alkyl halides is 1. The molecular weight excluding hydrogens is 341 g/mol. The van der Waals surface area contributed by atoms with Crippen molar-refractivity contribution in [3.63, 3.8) is 0 Å². The highest BCUT2D eigenvalue weighted by Crippen LogP contribution is 2.41. The Bertz CT molecular complexity index is 530. The number of hydrogen-bond acceptors (Lipinski definition) is 3. The minimum Gasteiger partial charge on any atom is -0.260 e. The highest BCUT2D eigenvalue weighted by molar-refractivity contribution is 9.07. The van der Waals surface area contributed by atoms with Crippen LogP contribution in [0.2, 0.25) is 0 Å². The number of rotatable bonds is 0. The van der Waals surface area contributed by atoms with Crippen LogP contribution in [0.5, 0.6) is 0 Å². The molecule has 1 unspecified atom stereocenters. The van der Waals surface area contributed by atoms with E-state index in [0.717, 1.165) is 0 Å². The van der Waals surface area contributed by atoms with Gasteiger partial charge in [-0.2, -0.15) is 16.0 Å². The van der Waals surface area contributed by atoms with Gasteiger partial charge in [0.1, 0.15) is 0 Å². The fraction of sp³-hybridized carbons (Fsp3) is 0.167. The largest absolute Gasteiger partial charge is 0.409 e. The topological polar surface area (TPSA) is 77.7 Å². The number of imide groups is 1. The number of aliphatic imine (C=N–C) groups is 1. The van der Waals surface area contributed by atoms with Crippen molar-refractivity contribution in [1.82, 2.24) is 13.4 Å². The zero-order chi connectivity index (χ0) is 13.0. The second-order valence-electron chi connectivity index (χ2n) is 2.89. The summed E-state index contributed by atoms with van der Waals surface area (Å²) in [6, 6.07) is -2.08. The van der Waals surface area contributed by atoms with E-state index in [4.69, 9.17) is 29.9 Å². The van der Waals surface area contributed by atoms with Crippen LogP contribution in [0.15, 0.2) is 4.99 Å². The Hall–Kier alpha value is -1.37. The number of amides is 5. The molecule has 0 aromatic carbocycles. The van der Waals surface area contributed by atoms with Gasteiger partial charge in [-0.1, -0.05) is 11.6 Å². The summed E-state index contributed by atoms with van der Waals surface area (Å²) in [5, 5.41) is -1.88. The highest BCUT2D eigenvalue weighted by Gasteiger charge is 2.65. The Morgan fingerprint density at radius 3 is 2.53 bits per heavy atom. The second kappa shape index (κ2) is 3.56. The predicted molar refractivity (Wildman–Crippen MR) is 58.7 cm³/mol. The van der Waals surface area contributed by atoms with E-state index in [2.05, 4.69) is 26.1 Å². The zero-order valence-electron chi connectivity index (χ0n) is 7.59. The molecule has 11 heteroatoms. The molecule has 1 saturated heterocycles. The monoisotopic (exact) mass is 339 g/mol. The molecule has 0 bridgehead atoms. The smallest absolute Gasteiger partial charge is 0.260 e. The Morgan fingerprint density at radius 2 is 2.00 bits per heavy atom. The first-order valence-corrected chi connectivity index (χ1v) is 5.28. The van der Waals surface area contributed by atoms with Crippen LogP contribution in [0, 0.1) is 6.57 Å². The van der Waals surface area contributed by atoms with E-state index < -0.39 is 28.8 Å². The van der Waals surface area contributed by atoms with Gasteiger partial charge in [-0.05, 0) is 0 Å². The third-order valence-electron chi connectivity index (χ3n) is 2.04. The first-order valence-electron chi connectivity index (χ1n) is 3.85. The van der Waals surface area contributed by atoms with Crippen LogP contribution in [0.4, 0.5) is 9.59 Å². The number of hydrogen-bond donors (Lipinski definition) is 0. The van der Waals surface area contributed by atoms with E-state index in [1.54, 1.807) is 0 Å². The molecule has 0 aromatic heterocycles. The summed E-state index contributed by atoms with van der Waals surface area (Å²) in [5.41, 5.74) is -0.522. The van der Waals surface area contributed by atoms with Gasteiger partial charge in [0.2, 0.25) is 0 Å². The summed E-state index contributed by atoms with van der Waals surface area (Å²) in [4.78, 5) is 40.5. The molecule has 1 atom stereocenters. The number of nitrogens with zero attached hydrogens (tertiary/aromatic N) is 5. The maximum atomic E-state index is 11.7. The molecule has 2 aliphatic heterocycles. The molecule has 2 rings (SSSR count). The van der Waals surface area contributed by atoms with E-state index in [9.17, 15) is 14.4 Å². The number of halogens is 3. The lowest BCUT2D eigenvalue weighted by Gasteiger charge is -2.36. The molecule has 2 heterocycles. The summed E-state index contributed by atoms with van der Waals surface area (Å²) in [7, 11) is 0. The van der Waals surface area contributed by atoms with Crippen molar-refractivity contribution in [2.24, 2.45) is 4.99 Å². The molecule has 0 aliphatic carbocycles. The highest BCUT2D eigenvalue weighted by atomic mass is 79.9. The first kappa shape index (κ1) is 12.1. The lowest BCUT2D eigenvalue weighted by Crippen LogP contribution is -2.65. The van der Waals surface area contributed by atoms with Crippen LogP contribution in [-0.4, -0.2) is 42.2 Å². The van der Waals surface area contributed by atoms with Gasteiger partial charge < -0.3 is 0 Å². The third-order valence-corrected chi connectivity index (χ3v) is 4.05. The summed E-state index contributed by atoms with van der Waals surface area (Å²) in [6.45, 7) is 6.70. The Balaban J connectivity index is 2.62. The molecule has 88 valence electrons. The number of carbonyl (C=O) groups is 3. The van der Waals surface area contributed by atoms with Gasteiger partial charge in [0, 0.05) is 11.8 Å². The number of urea groups is 2. The SMILES string of the molecule is [C-]#[N+]N1C(=O)C2=NC(=O)N(Cl)C2(Cl)N(Br)C1=O. The molecule has 1 fully saturated rings. The molecule has 0 saturated carbocycles. The van der Waals surface area contributed by atoms with Crippen molar-refractivity contribution in [2.75, 3.05) is 0 Å². The summed E-state index contributed by atoms with van der Waals surface area (Å²) in [5.74, 6) is -1.09. The van der Waals surface area contributed by atoms with E-state index in [1.807, 2.05) is 0 Å². The van der Waals surface area contributed by atoms with E-state index in [0.29, 0.717) is 8.34 Å². The van der Waals surface area contributed by atoms with E-state index in [-0.39, 0.29) is 5.01 Å². The molecule has 0 spiro atoms. The van der Waals surface area contributed by atoms with Gasteiger partial charge >= 0.3 is 18.0 Å². The van der Waals surface area contributed by atoms with E-state index in [1.165, 1.54) is 0 Å². The molecule has 8 nitrogen and oxygen atoms in total. The average Bonchev–Trinajstić information content (AvgIpc) is 2.53. The summed E-state index contributed by atoms with van der Waals surface area (Å²) in [6.07, 6.45) is 0. The van der Waals surface area contributed by atoms with Crippen LogP contribution < -0.4 is 0 Å². The van der Waals surface area contributed by atoms with Crippen molar-refractivity contribution in [3.8, 4) is 0 Å². The zero-order valence-corrected chi connectivity index (χ0v) is 10.7. The van der Waals surface area contributed by atoms with Crippen molar-refractivity contribution >= 4 is 63.2 Å². The molecular formula is C6BrCl2N5O3. The average molecular weight is 341 g/mol. The predicted octanol–water partition coefficient (Wildman–Crippen LogP) is 1.32. The van der Waals surface area contributed by atoms with Crippen LogP contribution in [0.25, 0.3) is 4.95 Å². The van der Waals surface area contributed by atoms with Crippen molar-refractivity contribution < 1.29 is 14.4 Å². The van der Waals surface area contributed by atoms with Crippen molar-refractivity contribution in [1.29, 1.82) is 0 Å². The fourth-order valence-electron chi connectivity index (χ4n) is 1.27. The molecule has 2 aliphatic rings. The van der Waals surface area contributed by atoms with Crippen LogP contribution in [0.1, 0.15) is 0 Å². The minimum absolute atomic E-state index is 0.178. The second-order valence-corrected chi connectivity index (χ2v) is 4.47.